The van der Waals surface area contributed by atoms with Gasteiger partial charge in [0.1, 0.15) is 6.04 Å². The summed E-state index contributed by atoms with van der Waals surface area (Å²) < 4.78 is 0. The summed E-state index contributed by atoms with van der Waals surface area (Å²) >= 11 is 6.00. The van der Waals surface area contributed by atoms with Crippen molar-refractivity contribution in [1.29, 1.82) is 0 Å². The SMILES string of the molecule is CC(=O)N1CCCC1C(=O)N(C)c1ccc(Cl)c(C)c1. The summed E-state index contributed by atoms with van der Waals surface area (Å²) in [7, 11) is 1.74. The number of halogens is 1. The molecule has 5 heteroatoms. The number of anilines is 1. The van der Waals surface area contributed by atoms with Gasteiger partial charge in [0.2, 0.25) is 11.8 Å². The predicted octanol–water partition coefficient (Wildman–Crippen LogP) is 2.62. The maximum Gasteiger partial charge on any atom is 0.249 e. The Bertz CT molecular complexity index is 545. The summed E-state index contributed by atoms with van der Waals surface area (Å²) in [5, 5.41) is 0.681. The molecule has 0 bridgehead atoms. The molecule has 1 atom stereocenters. The minimum absolute atomic E-state index is 0.0402. The Morgan fingerprint density at radius 2 is 2.10 bits per heavy atom. The Labute approximate surface area is 124 Å². The number of likely N-dealkylation sites (N-methyl/N-ethyl adjacent to an activating group) is 1. The fourth-order valence-electron chi connectivity index (χ4n) is 2.59. The van der Waals surface area contributed by atoms with Crippen LogP contribution in [0.15, 0.2) is 18.2 Å². The topological polar surface area (TPSA) is 40.6 Å². The van der Waals surface area contributed by atoms with E-state index >= 15 is 0 Å². The van der Waals surface area contributed by atoms with E-state index in [0.717, 1.165) is 24.1 Å². The molecule has 0 radical (unpaired) electrons. The first-order valence-corrected chi connectivity index (χ1v) is 7.10. The van der Waals surface area contributed by atoms with Crippen molar-refractivity contribution in [2.24, 2.45) is 0 Å². The van der Waals surface area contributed by atoms with E-state index in [0.29, 0.717) is 11.6 Å². The van der Waals surface area contributed by atoms with Crippen LogP contribution in [0.4, 0.5) is 5.69 Å². The van der Waals surface area contributed by atoms with Gasteiger partial charge in [-0.05, 0) is 43.5 Å². The normalized spacial score (nSPS) is 18.2. The molecule has 1 fully saturated rings. The number of carbonyl (C=O) groups is 2. The lowest BCUT2D eigenvalue weighted by molar-refractivity contribution is -0.135. The van der Waals surface area contributed by atoms with Crippen LogP contribution in [0.1, 0.15) is 25.3 Å². The molecule has 1 heterocycles. The number of amides is 2. The van der Waals surface area contributed by atoms with E-state index < -0.39 is 0 Å². The van der Waals surface area contributed by atoms with Gasteiger partial charge in [0.25, 0.3) is 0 Å². The highest BCUT2D eigenvalue weighted by Crippen LogP contribution is 2.25. The van der Waals surface area contributed by atoms with Crippen LogP contribution in [0.25, 0.3) is 0 Å². The van der Waals surface area contributed by atoms with Crippen molar-refractivity contribution in [2.45, 2.75) is 32.7 Å². The van der Waals surface area contributed by atoms with Crippen molar-refractivity contribution in [3.63, 3.8) is 0 Å². The molecule has 0 saturated carbocycles. The summed E-state index contributed by atoms with van der Waals surface area (Å²) in [4.78, 5) is 27.4. The smallest absolute Gasteiger partial charge is 0.249 e. The molecule has 108 valence electrons. The van der Waals surface area contributed by atoms with E-state index in [1.807, 2.05) is 19.1 Å². The average Bonchev–Trinajstić information content (AvgIpc) is 2.89. The van der Waals surface area contributed by atoms with E-state index in [1.54, 1.807) is 22.9 Å². The maximum absolute atomic E-state index is 12.6. The Balaban J connectivity index is 2.19. The largest absolute Gasteiger partial charge is 0.331 e. The van der Waals surface area contributed by atoms with Gasteiger partial charge in [-0.25, -0.2) is 0 Å². The average molecular weight is 295 g/mol. The number of nitrogens with zero attached hydrogens (tertiary/aromatic N) is 2. The zero-order chi connectivity index (χ0) is 14.9. The maximum atomic E-state index is 12.6. The molecule has 1 aliphatic rings. The Morgan fingerprint density at radius 3 is 2.70 bits per heavy atom. The molecule has 1 aromatic rings. The number of rotatable bonds is 2. The highest BCUT2D eigenvalue weighted by atomic mass is 35.5. The lowest BCUT2D eigenvalue weighted by Gasteiger charge is -2.27. The molecule has 1 saturated heterocycles. The van der Waals surface area contributed by atoms with Gasteiger partial charge in [0.05, 0.1) is 0 Å². The van der Waals surface area contributed by atoms with Gasteiger partial charge in [-0.15, -0.1) is 0 Å². The number of hydrogen-bond acceptors (Lipinski definition) is 2. The Kier molecular flexibility index (Phi) is 4.33. The fraction of sp³-hybridized carbons (Fsp3) is 0.467. The van der Waals surface area contributed by atoms with E-state index in [4.69, 9.17) is 11.6 Å². The van der Waals surface area contributed by atoms with Crippen molar-refractivity contribution in [3.05, 3.63) is 28.8 Å². The Hall–Kier alpha value is -1.55. The van der Waals surface area contributed by atoms with Crippen LogP contribution in [-0.2, 0) is 9.59 Å². The lowest BCUT2D eigenvalue weighted by Crippen LogP contribution is -2.46. The van der Waals surface area contributed by atoms with Gasteiger partial charge in [-0.2, -0.15) is 0 Å². The summed E-state index contributed by atoms with van der Waals surface area (Å²) in [6.45, 7) is 4.08. The van der Waals surface area contributed by atoms with Gasteiger partial charge in [0.15, 0.2) is 0 Å². The first-order valence-electron chi connectivity index (χ1n) is 6.72. The molecule has 2 amide bonds. The molecular formula is C15H19ClN2O2. The molecule has 0 aromatic heterocycles. The monoisotopic (exact) mass is 294 g/mol. The summed E-state index contributed by atoms with van der Waals surface area (Å²) in [5.41, 5.74) is 1.73. The third kappa shape index (κ3) is 2.80. The quantitative estimate of drug-likeness (QED) is 0.841. The predicted molar refractivity (Wildman–Crippen MR) is 80.0 cm³/mol. The van der Waals surface area contributed by atoms with Gasteiger partial charge in [0, 0.05) is 31.2 Å². The molecule has 4 nitrogen and oxygen atoms in total. The molecule has 1 aliphatic heterocycles. The lowest BCUT2D eigenvalue weighted by atomic mass is 10.1. The second-order valence-electron chi connectivity index (χ2n) is 5.20. The van der Waals surface area contributed by atoms with Crippen molar-refractivity contribution in [1.82, 2.24) is 4.90 Å². The molecule has 0 N–H and O–H groups in total. The number of hydrogen-bond donors (Lipinski definition) is 0. The third-order valence-electron chi connectivity index (χ3n) is 3.80. The van der Waals surface area contributed by atoms with Crippen molar-refractivity contribution >= 4 is 29.1 Å². The zero-order valence-electron chi connectivity index (χ0n) is 12.0. The number of benzene rings is 1. The van der Waals surface area contributed by atoms with Crippen LogP contribution in [-0.4, -0.2) is 36.3 Å². The molecule has 20 heavy (non-hydrogen) atoms. The highest BCUT2D eigenvalue weighted by molar-refractivity contribution is 6.31. The number of aryl methyl sites for hydroxylation is 1. The van der Waals surface area contributed by atoms with E-state index in [-0.39, 0.29) is 17.9 Å². The number of likely N-dealkylation sites (tertiary alicyclic amines) is 1. The van der Waals surface area contributed by atoms with Crippen LogP contribution in [0.5, 0.6) is 0 Å². The van der Waals surface area contributed by atoms with E-state index in [1.165, 1.54) is 6.92 Å². The van der Waals surface area contributed by atoms with Gasteiger partial charge in [-0.1, -0.05) is 11.6 Å². The highest BCUT2D eigenvalue weighted by Gasteiger charge is 2.34. The summed E-state index contributed by atoms with van der Waals surface area (Å²) in [6.07, 6.45) is 1.61. The third-order valence-corrected chi connectivity index (χ3v) is 4.23. The fourth-order valence-corrected chi connectivity index (χ4v) is 2.71. The summed E-state index contributed by atoms with van der Waals surface area (Å²) in [5.74, 6) is -0.0824. The van der Waals surface area contributed by atoms with Crippen molar-refractivity contribution < 1.29 is 9.59 Å². The number of carbonyl (C=O) groups excluding carboxylic acids is 2. The molecule has 2 rings (SSSR count). The minimum atomic E-state index is -0.339. The van der Waals surface area contributed by atoms with E-state index in [9.17, 15) is 9.59 Å². The molecule has 1 unspecified atom stereocenters. The first kappa shape index (κ1) is 14.9. The second kappa shape index (κ2) is 5.83. The molecule has 0 spiro atoms. The van der Waals surface area contributed by atoms with Gasteiger partial charge in [-0.3, -0.25) is 9.59 Å². The van der Waals surface area contributed by atoms with Crippen LogP contribution in [0.2, 0.25) is 5.02 Å². The molecular weight excluding hydrogens is 276 g/mol. The Morgan fingerprint density at radius 1 is 1.40 bits per heavy atom. The van der Waals surface area contributed by atoms with Crippen LogP contribution < -0.4 is 4.90 Å². The molecule has 0 aliphatic carbocycles. The van der Waals surface area contributed by atoms with Crippen LogP contribution >= 0.6 is 11.6 Å². The summed E-state index contributed by atoms with van der Waals surface area (Å²) in [6, 6.07) is 5.15. The van der Waals surface area contributed by atoms with Crippen molar-refractivity contribution in [3.8, 4) is 0 Å². The minimum Gasteiger partial charge on any atom is -0.331 e. The zero-order valence-corrected chi connectivity index (χ0v) is 12.8. The van der Waals surface area contributed by atoms with Gasteiger partial charge < -0.3 is 9.80 Å². The molecule has 1 aromatic carbocycles. The van der Waals surface area contributed by atoms with Gasteiger partial charge >= 0.3 is 0 Å². The standard InChI is InChI=1S/C15H19ClN2O2/c1-10-9-12(6-7-13(10)16)17(3)15(20)14-5-4-8-18(14)11(2)19/h6-7,9,14H,4-5,8H2,1-3H3. The second-order valence-corrected chi connectivity index (χ2v) is 5.61. The van der Waals surface area contributed by atoms with Crippen LogP contribution in [0.3, 0.4) is 0 Å². The van der Waals surface area contributed by atoms with Crippen LogP contribution in [0, 0.1) is 6.92 Å². The van der Waals surface area contributed by atoms with E-state index in [2.05, 4.69) is 0 Å². The first-order chi connectivity index (χ1) is 9.41. The van der Waals surface area contributed by atoms with Crippen molar-refractivity contribution in [2.75, 3.05) is 18.5 Å².